The maximum Gasteiger partial charge on any atom is 0.217 e. The summed E-state index contributed by atoms with van der Waals surface area (Å²) in [6.07, 6.45) is 0. The second-order valence-corrected chi connectivity index (χ2v) is 6.22. The van der Waals surface area contributed by atoms with E-state index in [1.165, 1.54) is 6.92 Å². The Morgan fingerprint density at radius 2 is 1.72 bits per heavy atom. The zero-order chi connectivity index (χ0) is 18.4. The molecule has 134 valence electrons. The zero-order valence-electron chi connectivity index (χ0n) is 14.8. The van der Waals surface area contributed by atoms with Gasteiger partial charge in [0.15, 0.2) is 11.5 Å². The molecule has 2 rings (SSSR count). The van der Waals surface area contributed by atoms with Gasteiger partial charge in [-0.3, -0.25) is 4.79 Å². The van der Waals surface area contributed by atoms with Gasteiger partial charge in [-0.15, -0.1) is 0 Å². The molecule has 1 atom stereocenters. The number of amides is 1. The molecule has 0 unspecified atom stereocenters. The molecule has 0 radical (unpaired) electrons. The number of carbonyl (C=O) groups is 1. The SMILES string of the molecule is CCOc1ccc([C@@H](NC(C)=O)c2cc(OC)c(OC)cc2Br)cc1. The summed E-state index contributed by atoms with van der Waals surface area (Å²) < 4.78 is 17.0. The highest BCUT2D eigenvalue weighted by Gasteiger charge is 2.21. The number of hydrogen-bond acceptors (Lipinski definition) is 4. The van der Waals surface area contributed by atoms with Crippen LogP contribution in [0.25, 0.3) is 0 Å². The number of carbonyl (C=O) groups excluding carboxylic acids is 1. The number of benzene rings is 2. The fourth-order valence-electron chi connectivity index (χ4n) is 2.56. The van der Waals surface area contributed by atoms with Gasteiger partial charge >= 0.3 is 0 Å². The van der Waals surface area contributed by atoms with E-state index in [2.05, 4.69) is 21.2 Å². The van der Waals surface area contributed by atoms with Crippen molar-refractivity contribution < 1.29 is 19.0 Å². The van der Waals surface area contributed by atoms with Crippen LogP contribution in [0.3, 0.4) is 0 Å². The molecule has 0 aliphatic carbocycles. The predicted molar refractivity (Wildman–Crippen MR) is 101 cm³/mol. The number of rotatable bonds is 7. The molecule has 0 saturated heterocycles. The average Bonchev–Trinajstić information content (AvgIpc) is 2.60. The van der Waals surface area contributed by atoms with Crippen molar-refractivity contribution >= 4 is 21.8 Å². The fraction of sp³-hybridized carbons (Fsp3) is 0.316. The number of halogens is 1. The van der Waals surface area contributed by atoms with Gasteiger partial charge in [0, 0.05) is 11.4 Å². The standard InChI is InChI=1S/C19H22BrNO4/c1-5-25-14-8-6-13(7-9-14)19(21-12(2)22)15-10-17(23-3)18(24-4)11-16(15)20/h6-11,19H,5H2,1-4H3,(H,21,22)/t19-/m1/s1. The van der Waals surface area contributed by atoms with E-state index in [0.29, 0.717) is 18.1 Å². The average molecular weight is 408 g/mol. The van der Waals surface area contributed by atoms with E-state index in [0.717, 1.165) is 21.3 Å². The molecule has 2 aromatic carbocycles. The van der Waals surface area contributed by atoms with Gasteiger partial charge in [-0.25, -0.2) is 0 Å². The lowest BCUT2D eigenvalue weighted by Gasteiger charge is -2.22. The summed E-state index contributed by atoms with van der Waals surface area (Å²) in [7, 11) is 3.17. The molecular formula is C19H22BrNO4. The summed E-state index contributed by atoms with van der Waals surface area (Å²) >= 11 is 3.57. The first-order chi connectivity index (χ1) is 12.0. The summed E-state index contributed by atoms with van der Waals surface area (Å²) in [4.78, 5) is 11.8. The quantitative estimate of drug-likeness (QED) is 0.750. The van der Waals surface area contributed by atoms with Crippen LogP contribution in [0.1, 0.15) is 31.0 Å². The number of hydrogen-bond donors (Lipinski definition) is 1. The highest BCUT2D eigenvalue weighted by Crippen LogP contribution is 2.38. The monoisotopic (exact) mass is 407 g/mol. The molecule has 0 aliphatic rings. The van der Waals surface area contributed by atoms with Gasteiger partial charge in [0.1, 0.15) is 5.75 Å². The lowest BCUT2D eigenvalue weighted by molar-refractivity contribution is -0.119. The largest absolute Gasteiger partial charge is 0.494 e. The maximum atomic E-state index is 11.8. The van der Waals surface area contributed by atoms with Crippen molar-refractivity contribution in [2.75, 3.05) is 20.8 Å². The Balaban J connectivity index is 2.48. The highest BCUT2D eigenvalue weighted by molar-refractivity contribution is 9.10. The molecule has 6 heteroatoms. The third kappa shape index (κ3) is 4.66. The number of nitrogens with one attached hydrogen (secondary N) is 1. The normalized spacial score (nSPS) is 11.6. The van der Waals surface area contributed by atoms with Crippen LogP contribution in [0.5, 0.6) is 17.2 Å². The van der Waals surface area contributed by atoms with Gasteiger partial charge in [-0.2, -0.15) is 0 Å². The van der Waals surface area contributed by atoms with E-state index in [1.54, 1.807) is 14.2 Å². The second-order valence-electron chi connectivity index (χ2n) is 5.36. The molecule has 0 heterocycles. The first-order valence-electron chi connectivity index (χ1n) is 7.91. The smallest absolute Gasteiger partial charge is 0.217 e. The van der Waals surface area contributed by atoms with Crippen molar-refractivity contribution in [1.29, 1.82) is 0 Å². The van der Waals surface area contributed by atoms with Gasteiger partial charge in [-0.05, 0) is 42.3 Å². The molecule has 1 amide bonds. The van der Waals surface area contributed by atoms with Gasteiger partial charge in [0.05, 0.1) is 26.9 Å². The minimum absolute atomic E-state index is 0.124. The molecule has 0 saturated carbocycles. The second kappa shape index (κ2) is 8.76. The van der Waals surface area contributed by atoms with E-state index in [1.807, 2.05) is 43.3 Å². The summed E-state index contributed by atoms with van der Waals surface area (Å²) in [5, 5.41) is 2.99. The molecule has 0 aromatic heterocycles. The lowest BCUT2D eigenvalue weighted by Crippen LogP contribution is -2.27. The van der Waals surface area contributed by atoms with E-state index in [-0.39, 0.29) is 11.9 Å². The molecule has 0 fully saturated rings. The van der Waals surface area contributed by atoms with Gasteiger partial charge in [0.2, 0.25) is 5.91 Å². The van der Waals surface area contributed by atoms with Crippen molar-refractivity contribution in [3.05, 3.63) is 52.0 Å². The van der Waals surface area contributed by atoms with Crippen molar-refractivity contribution in [3.63, 3.8) is 0 Å². The van der Waals surface area contributed by atoms with Crippen LogP contribution < -0.4 is 19.5 Å². The Hall–Kier alpha value is -2.21. The zero-order valence-corrected chi connectivity index (χ0v) is 16.3. The molecule has 25 heavy (non-hydrogen) atoms. The van der Waals surface area contributed by atoms with E-state index in [9.17, 15) is 4.79 Å². The van der Waals surface area contributed by atoms with E-state index in [4.69, 9.17) is 14.2 Å². The predicted octanol–water partition coefficient (Wildman–Crippen LogP) is 4.09. The molecule has 5 nitrogen and oxygen atoms in total. The Bertz CT molecular complexity index is 731. The van der Waals surface area contributed by atoms with Gasteiger partial charge < -0.3 is 19.5 Å². The van der Waals surface area contributed by atoms with E-state index < -0.39 is 0 Å². The minimum atomic E-state index is -0.331. The van der Waals surface area contributed by atoms with Crippen LogP contribution in [0.4, 0.5) is 0 Å². The number of methoxy groups -OCH3 is 2. The fourth-order valence-corrected chi connectivity index (χ4v) is 3.11. The van der Waals surface area contributed by atoms with Crippen molar-refractivity contribution in [3.8, 4) is 17.2 Å². The van der Waals surface area contributed by atoms with Crippen LogP contribution in [0.15, 0.2) is 40.9 Å². The van der Waals surface area contributed by atoms with Crippen LogP contribution in [-0.4, -0.2) is 26.7 Å². The molecule has 1 N–H and O–H groups in total. The lowest BCUT2D eigenvalue weighted by atomic mass is 9.98. The Morgan fingerprint density at radius 3 is 2.24 bits per heavy atom. The van der Waals surface area contributed by atoms with E-state index >= 15 is 0 Å². The topological polar surface area (TPSA) is 56.8 Å². The molecule has 0 spiro atoms. The summed E-state index contributed by atoms with van der Waals surface area (Å²) in [5.74, 6) is 1.88. The number of ether oxygens (including phenoxy) is 3. The first-order valence-corrected chi connectivity index (χ1v) is 8.70. The van der Waals surface area contributed by atoms with Crippen LogP contribution in [-0.2, 0) is 4.79 Å². The third-order valence-electron chi connectivity index (χ3n) is 3.69. The van der Waals surface area contributed by atoms with Gasteiger partial charge in [-0.1, -0.05) is 28.1 Å². The molecular weight excluding hydrogens is 386 g/mol. The summed E-state index contributed by atoms with van der Waals surface area (Å²) in [6, 6.07) is 11.0. The highest BCUT2D eigenvalue weighted by atomic mass is 79.9. The Morgan fingerprint density at radius 1 is 1.12 bits per heavy atom. The first kappa shape index (κ1) is 19.1. The Kier molecular flexibility index (Phi) is 6.70. The van der Waals surface area contributed by atoms with Crippen LogP contribution >= 0.6 is 15.9 Å². The van der Waals surface area contributed by atoms with Crippen LogP contribution in [0, 0.1) is 0 Å². The Labute approximate surface area is 156 Å². The third-order valence-corrected chi connectivity index (χ3v) is 4.37. The summed E-state index contributed by atoms with van der Waals surface area (Å²) in [6.45, 7) is 4.04. The molecule has 0 aliphatic heterocycles. The van der Waals surface area contributed by atoms with Crippen molar-refractivity contribution in [2.45, 2.75) is 19.9 Å². The molecule has 2 aromatic rings. The van der Waals surface area contributed by atoms with Crippen LogP contribution in [0.2, 0.25) is 0 Å². The minimum Gasteiger partial charge on any atom is -0.494 e. The summed E-state index contributed by atoms with van der Waals surface area (Å²) in [5.41, 5.74) is 1.81. The molecule has 0 bridgehead atoms. The maximum absolute atomic E-state index is 11.8. The van der Waals surface area contributed by atoms with Crippen molar-refractivity contribution in [2.24, 2.45) is 0 Å². The van der Waals surface area contributed by atoms with Crippen molar-refractivity contribution in [1.82, 2.24) is 5.32 Å². The van der Waals surface area contributed by atoms with Gasteiger partial charge in [0.25, 0.3) is 0 Å².